The molecule has 17 heavy (non-hydrogen) atoms. The molecule has 86 valence electrons. The minimum atomic E-state index is -0.293. The van der Waals surface area contributed by atoms with Gasteiger partial charge in [-0.15, -0.1) is 6.42 Å². The molecule has 4 N–H and O–H groups in total. The van der Waals surface area contributed by atoms with Crippen LogP contribution in [0.25, 0.3) is 10.9 Å². The summed E-state index contributed by atoms with van der Waals surface area (Å²) in [6.45, 7) is 1.75. The number of carbonyl (C=O) groups excluding carboxylic acids is 1. The fourth-order valence-corrected chi connectivity index (χ4v) is 1.59. The molecule has 0 bridgehead atoms. The Morgan fingerprint density at radius 2 is 2.29 bits per heavy atom. The average Bonchev–Trinajstić information content (AvgIpc) is 2.71. The van der Waals surface area contributed by atoms with Gasteiger partial charge in [-0.25, -0.2) is 0 Å². The predicted octanol–water partition coefficient (Wildman–Crippen LogP) is 1.50. The van der Waals surface area contributed by atoms with Gasteiger partial charge in [-0.2, -0.15) is 0 Å². The van der Waals surface area contributed by atoms with Gasteiger partial charge in [0.25, 0.3) is 5.91 Å². The molecule has 4 heteroatoms. The van der Waals surface area contributed by atoms with Crippen LogP contribution in [0.5, 0.6) is 0 Å². The number of rotatable bonds is 2. The molecule has 0 aliphatic rings. The Kier molecular flexibility index (Phi) is 2.75. The van der Waals surface area contributed by atoms with Crippen LogP contribution in [0.3, 0.4) is 0 Å². The number of H-pyrrole nitrogens is 1. The molecule has 0 fully saturated rings. The highest BCUT2D eigenvalue weighted by Crippen LogP contribution is 2.18. The maximum absolute atomic E-state index is 11.8. The summed E-state index contributed by atoms with van der Waals surface area (Å²) in [7, 11) is 0. The van der Waals surface area contributed by atoms with Crippen molar-refractivity contribution in [3.8, 4) is 12.3 Å². The van der Waals surface area contributed by atoms with Crippen LogP contribution in [0.1, 0.15) is 17.4 Å². The van der Waals surface area contributed by atoms with Crippen LogP contribution in [0.2, 0.25) is 0 Å². The number of terminal acetylenes is 1. The average molecular weight is 227 g/mol. The zero-order valence-electron chi connectivity index (χ0n) is 9.45. The molecule has 0 saturated heterocycles. The van der Waals surface area contributed by atoms with Crippen molar-refractivity contribution in [2.24, 2.45) is 0 Å². The van der Waals surface area contributed by atoms with Crippen LogP contribution in [0.15, 0.2) is 24.3 Å². The van der Waals surface area contributed by atoms with Crippen LogP contribution in [0, 0.1) is 12.3 Å². The predicted molar refractivity (Wildman–Crippen MR) is 68.5 cm³/mol. The van der Waals surface area contributed by atoms with Gasteiger partial charge >= 0.3 is 0 Å². The maximum Gasteiger partial charge on any atom is 0.268 e. The second kappa shape index (κ2) is 4.22. The molecule has 1 atom stereocenters. The van der Waals surface area contributed by atoms with E-state index < -0.39 is 0 Å². The summed E-state index contributed by atoms with van der Waals surface area (Å²) in [5.74, 6) is 2.23. The topological polar surface area (TPSA) is 70.9 Å². The van der Waals surface area contributed by atoms with Crippen LogP contribution in [0.4, 0.5) is 5.69 Å². The third-order valence-corrected chi connectivity index (χ3v) is 2.49. The Balaban J connectivity index is 2.31. The Labute approximate surface area is 99.2 Å². The molecule has 0 aliphatic heterocycles. The quantitative estimate of drug-likeness (QED) is 0.537. The van der Waals surface area contributed by atoms with Crippen LogP contribution in [-0.4, -0.2) is 16.9 Å². The molecular weight excluding hydrogens is 214 g/mol. The SMILES string of the molecule is C#CC(C)NC(=O)c1cc2cc(N)ccc2[nH]1. The molecule has 1 amide bonds. The number of benzene rings is 1. The standard InChI is InChI=1S/C13H13N3O/c1-3-8(2)15-13(17)12-7-9-6-10(14)4-5-11(9)16-12/h1,4-8,16H,14H2,2H3,(H,15,17). The minimum Gasteiger partial charge on any atom is -0.399 e. The van der Waals surface area contributed by atoms with E-state index in [0.29, 0.717) is 11.4 Å². The Morgan fingerprint density at radius 1 is 1.53 bits per heavy atom. The van der Waals surface area contributed by atoms with E-state index in [2.05, 4.69) is 16.2 Å². The molecule has 2 aromatic rings. The van der Waals surface area contributed by atoms with Gasteiger partial charge in [-0.1, -0.05) is 5.92 Å². The van der Waals surface area contributed by atoms with Gasteiger partial charge in [0.2, 0.25) is 0 Å². The van der Waals surface area contributed by atoms with E-state index in [1.54, 1.807) is 19.1 Å². The number of hydrogen-bond donors (Lipinski definition) is 3. The zero-order valence-corrected chi connectivity index (χ0v) is 9.45. The zero-order chi connectivity index (χ0) is 12.4. The van der Waals surface area contributed by atoms with E-state index in [1.165, 1.54) is 0 Å². The molecular formula is C13H13N3O. The number of aromatic nitrogens is 1. The number of hydrogen-bond acceptors (Lipinski definition) is 2. The lowest BCUT2D eigenvalue weighted by atomic mass is 10.2. The summed E-state index contributed by atoms with van der Waals surface area (Å²) in [4.78, 5) is 14.8. The van der Waals surface area contributed by atoms with Crippen molar-refractivity contribution in [1.82, 2.24) is 10.3 Å². The van der Waals surface area contributed by atoms with Gasteiger partial charge in [0.15, 0.2) is 0 Å². The van der Waals surface area contributed by atoms with Crippen molar-refractivity contribution >= 4 is 22.5 Å². The number of carbonyl (C=O) groups is 1. The second-order valence-corrected chi connectivity index (χ2v) is 3.89. The largest absolute Gasteiger partial charge is 0.399 e. The van der Waals surface area contributed by atoms with Crippen molar-refractivity contribution < 1.29 is 4.79 Å². The van der Waals surface area contributed by atoms with Crippen molar-refractivity contribution in [2.75, 3.05) is 5.73 Å². The van der Waals surface area contributed by atoms with Gasteiger partial charge in [0.05, 0.1) is 6.04 Å². The molecule has 1 unspecified atom stereocenters. The van der Waals surface area contributed by atoms with Crippen molar-refractivity contribution in [3.63, 3.8) is 0 Å². The number of nitrogen functional groups attached to an aromatic ring is 1. The summed E-state index contributed by atoms with van der Waals surface area (Å²) in [6.07, 6.45) is 5.20. The number of anilines is 1. The number of nitrogens with one attached hydrogen (secondary N) is 2. The lowest BCUT2D eigenvalue weighted by molar-refractivity contribution is 0.0944. The second-order valence-electron chi connectivity index (χ2n) is 3.89. The first kappa shape index (κ1) is 11.1. The molecule has 2 rings (SSSR count). The molecule has 4 nitrogen and oxygen atoms in total. The van der Waals surface area contributed by atoms with E-state index in [-0.39, 0.29) is 11.9 Å². The van der Waals surface area contributed by atoms with Crippen LogP contribution in [-0.2, 0) is 0 Å². The summed E-state index contributed by atoms with van der Waals surface area (Å²) >= 11 is 0. The fraction of sp³-hybridized carbons (Fsp3) is 0.154. The van der Waals surface area contributed by atoms with Crippen molar-refractivity contribution in [2.45, 2.75) is 13.0 Å². The molecule has 1 aromatic heterocycles. The van der Waals surface area contributed by atoms with Crippen LogP contribution >= 0.6 is 0 Å². The first-order valence-electron chi connectivity index (χ1n) is 5.25. The first-order chi connectivity index (χ1) is 8.10. The molecule has 0 aliphatic carbocycles. The first-order valence-corrected chi connectivity index (χ1v) is 5.25. The van der Waals surface area contributed by atoms with E-state index in [0.717, 1.165) is 10.9 Å². The third-order valence-electron chi connectivity index (χ3n) is 2.49. The maximum atomic E-state index is 11.8. The van der Waals surface area contributed by atoms with E-state index in [1.807, 2.05) is 12.1 Å². The number of nitrogens with two attached hydrogens (primary N) is 1. The normalized spacial score (nSPS) is 12.0. The monoisotopic (exact) mass is 227 g/mol. The highest BCUT2D eigenvalue weighted by molar-refractivity contribution is 5.98. The fourth-order valence-electron chi connectivity index (χ4n) is 1.59. The van der Waals surface area contributed by atoms with E-state index in [9.17, 15) is 4.79 Å². The number of fused-ring (bicyclic) bond motifs is 1. The Bertz CT molecular complexity index is 607. The third kappa shape index (κ3) is 2.23. The number of aromatic amines is 1. The van der Waals surface area contributed by atoms with E-state index in [4.69, 9.17) is 12.2 Å². The Hall–Kier alpha value is -2.41. The molecule has 0 spiro atoms. The number of amides is 1. The summed E-state index contributed by atoms with van der Waals surface area (Å²) in [5.41, 5.74) is 7.69. The van der Waals surface area contributed by atoms with Gasteiger partial charge in [0.1, 0.15) is 5.69 Å². The molecule has 1 aromatic carbocycles. The van der Waals surface area contributed by atoms with E-state index >= 15 is 0 Å². The minimum absolute atomic E-state index is 0.217. The lowest BCUT2D eigenvalue weighted by Crippen LogP contribution is -2.31. The smallest absolute Gasteiger partial charge is 0.268 e. The van der Waals surface area contributed by atoms with Crippen molar-refractivity contribution in [3.05, 3.63) is 30.0 Å². The van der Waals surface area contributed by atoms with Crippen LogP contribution < -0.4 is 11.1 Å². The Morgan fingerprint density at radius 3 is 3.00 bits per heavy atom. The summed E-state index contributed by atoms with van der Waals surface area (Å²) < 4.78 is 0. The summed E-state index contributed by atoms with van der Waals surface area (Å²) in [6, 6.07) is 6.90. The highest BCUT2D eigenvalue weighted by atomic mass is 16.1. The lowest BCUT2D eigenvalue weighted by Gasteiger charge is -2.05. The van der Waals surface area contributed by atoms with Gasteiger partial charge in [-0.05, 0) is 31.2 Å². The van der Waals surface area contributed by atoms with Gasteiger partial charge < -0.3 is 16.0 Å². The molecule has 0 saturated carbocycles. The van der Waals surface area contributed by atoms with Gasteiger partial charge in [0, 0.05) is 16.6 Å². The molecule has 1 heterocycles. The highest BCUT2D eigenvalue weighted by Gasteiger charge is 2.10. The van der Waals surface area contributed by atoms with Gasteiger partial charge in [-0.3, -0.25) is 4.79 Å². The summed E-state index contributed by atoms with van der Waals surface area (Å²) in [5, 5.41) is 3.59. The molecule has 0 radical (unpaired) electrons. The van der Waals surface area contributed by atoms with Crippen molar-refractivity contribution in [1.29, 1.82) is 0 Å².